The number of carbonyl (C=O) groups is 1. The minimum absolute atomic E-state index is 0.385. The van der Waals surface area contributed by atoms with Gasteiger partial charge in [-0.2, -0.15) is 0 Å². The normalized spacial score (nSPS) is 13.7. The molecule has 2 atom stereocenters. The van der Waals surface area contributed by atoms with Crippen molar-refractivity contribution in [1.29, 1.82) is 0 Å². The molecule has 0 fully saturated rings. The van der Waals surface area contributed by atoms with Gasteiger partial charge in [-0.1, -0.05) is 0 Å². The van der Waals surface area contributed by atoms with E-state index in [2.05, 4.69) is 4.74 Å². The molecule has 0 aliphatic carbocycles. The first-order valence-electron chi connectivity index (χ1n) is 6.23. The Morgan fingerprint density at radius 1 is 1.16 bits per heavy atom. The maximum atomic E-state index is 11.3. The molecule has 5 heteroatoms. The highest BCUT2D eigenvalue weighted by Crippen LogP contribution is 2.16. The Balaban J connectivity index is 2.87. The van der Waals surface area contributed by atoms with Crippen molar-refractivity contribution in [1.82, 2.24) is 0 Å². The molecule has 0 aliphatic heterocycles. The molecule has 106 valence electrons. The van der Waals surface area contributed by atoms with Crippen molar-refractivity contribution < 1.29 is 19.7 Å². The Labute approximate surface area is 113 Å². The van der Waals surface area contributed by atoms with Crippen LogP contribution >= 0.6 is 0 Å². The molecule has 0 spiro atoms. The summed E-state index contributed by atoms with van der Waals surface area (Å²) in [5, 5.41) is 19.0. The maximum Gasteiger partial charge on any atom is 0.337 e. The van der Waals surface area contributed by atoms with E-state index in [0.717, 1.165) is 5.69 Å². The van der Waals surface area contributed by atoms with Crippen molar-refractivity contribution in [2.45, 2.75) is 26.1 Å². The Morgan fingerprint density at radius 3 is 2.00 bits per heavy atom. The van der Waals surface area contributed by atoms with Crippen LogP contribution in [0, 0.1) is 0 Å². The van der Waals surface area contributed by atoms with E-state index in [-0.39, 0.29) is 5.97 Å². The van der Waals surface area contributed by atoms with Gasteiger partial charge in [-0.15, -0.1) is 0 Å². The minimum Gasteiger partial charge on any atom is -0.465 e. The van der Waals surface area contributed by atoms with Gasteiger partial charge < -0.3 is 19.8 Å². The summed E-state index contributed by atoms with van der Waals surface area (Å²) in [6, 6.07) is 6.88. The fourth-order valence-corrected chi connectivity index (χ4v) is 1.85. The molecule has 0 heterocycles. The average molecular weight is 267 g/mol. The first kappa shape index (κ1) is 15.5. The maximum absolute atomic E-state index is 11.3. The molecular weight excluding hydrogens is 246 g/mol. The molecule has 0 saturated carbocycles. The molecule has 2 unspecified atom stereocenters. The number of hydrogen-bond acceptors (Lipinski definition) is 5. The van der Waals surface area contributed by atoms with E-state index in [9.17, 15) is 15.0 Å². The highest BCUT2D eigenvalue weighted by atomic mass is 16.5. The van der Waals surface area contributed by atoms with Crippen molar-refractivity contribution in [3.8, 4) is 0 Å². The number of methoxy groups -OCH3 is 1. The number of rotatable bonds is 6. The SMILES string of the molecule is COC(=O)c1ccc(N(CC(C)O)CC(C)O)cc1. The second-order valence-electron chi connectivity index (χ2n) is 4.64. The summed E-state index contributed by atoms with van der Waals surface area (Å²) in [6.45, 7) is 4.22. The van der Waals surface area contributed by atoms with Gasteiger partial charge >= 0.3 is 5.97 Å². The molecular formula is C14H21NO4. The molecule has 1 aromatic carbocycles. The van der Waals surface area contributed by atoms with Gasteiger partial charge in [-0.05, 0) is 38.1 Å². The number of aliphatic hydroxyl groups is 2. The Hall–Kier alpha value is -1.59. The van der Waals surface area contributed by atoms with Crippen LogP contribution in [0.4, 0.5) is 5.69 Å². The number of carbonyl (C=O) groups excluding carboxylic acids is 1. The van der Waals surface area contributed by atoms with Crippen molar-refractivity contribution >= 4 is 11.7 Å². The fourth-order valence-electron chi connectivity index (χ4n) is 1.85. The van der Waals surface area contributed by atoms with Gasteiger partial charge in [0.2, 0.25) is 0 Å². The quantitative estimate of drug-likeness (QED) is 0.754. The second-order valence-corrected chi connectivity index (χ2v) is 4.64. The fraction of sp³-hybridized carbons (Fsp3) is 0.500. The van der Waals surface area contributed by atoms with E-state index in [4.69, 9.17) is 0 Å². The van der Waals surface area contributed by atoms with Crippen LogP contribution < -0.4 is 4.90 Å². The van der Waals surface area contributed by atoms with Gasteiger partial charge in [0.25, 0.3) is 0 Å². The zero-order valence-electron chi connectivity index (χ0n) is 11.5. The van der Waals surface area contributed by atoms with Gasteiger partial charge in [0.05, 0.1) is 24.9 Å². The molecule has 0 aliphatic rings. The molecule has 0 amide bonds. The Kier molecular flexibility index (Phi) is 5.79. The Bertz CT molecular complexity index is 390. The third-order valence-corrected chi connectivity index (χ3v) is 2.62. The zero-order chi connectivity index (χ0) is 14.4. The highest BCUT2D eigenvalue weighted by Gasteiger charge is 2.13. The lowest BCUT2D eigenvalue weighted by Crippen LogP contribution is -2.36. The third kappa shape index (κ3) is 4.89. The summed E-state index contributed by atoms with van der Waals surface area (Å²) in [4.78, 5) is 13.2. The second kappa shape index (κ2) is 7.11. The van der Waals surface area contributed by atoms with Crippen LogP contribution in [0.25, 0.3) is 0 Å². The number of hydrogen-bond donors (Lipinski definition) is 2. The van der Waals surface area contributed by atoms with Gasteiger partial charge in [-0.25, -0.2) is 4.79 Å². The lowest BCUT2D eigenvalue weighted by molar-refractivity contribution is 0.0600. The molecule has 0 saturated heterocycles. The molecule has 0 radical (unpaired) electrons. The zero-order valence-corrected chi connectivity index (χ0v) is 11.5. The molecule has 5 nitrogen and oxygen atoms in total. The number of ether oxygens (including phenoxy) is 1. The number of aliphatic hydroxyl groups excluding tert-OH is 2. The molecule has 2 N–H and O–H groups in total. The van der Waals surface area contributed by atoms with Crippen LogP contribution in [0.15, 0.2) is 24.3 Å². The van der Waals surface area contributed by atoms with Crippen LogP contribution in [0.3, 0.4) is 0 Å². The monoisotopic (exact) mass is 267 g/mol. The molecule has 1 rings (SSSR count). The van der Waals surface area contributed by atoms with Gasteiger partial charge in [0, 0.05) is 18.8 Å². The van der Waals surface area contributed by atoms with Crippen LogP contribution in [0.1, 0.15) is 24.2 Å². The van der Waals surface area contributed by atoms with Crippen molar-refractivity contribution in [3.05, 3.63) is 29.8 Å². The van der Waals surface area contributed by atoms with Gasteiger partial charge in [-0.3, -0.25) is 0 Å². The average Bonchev–Trinajstić information content (AvgIpc) is 2.36. The van der Waals surface area contributed by atoms with E-state index < -0.39 is 12.2 Å². The van der Waals surface area contributed by atoms with Crippen LogP contribution in [0.5, 0.6) is 0 Å². The lowest BCUT2D eigenvalue weighted by atomic mass is 10.1. The highest BCUT2D eigenvalue weighted by molar-refractivity contribution is 5.89. The van der Waals surface area contributed by atoms with Crippen LogP contribution in [0.2, 0.25) is 0 Å². The van der Waals surface area contributed by atoms with E-state index >= 15 is 0 Å². The summed E-state index contributed by atoms with van der Waals surface area (Å²) in [7, 11) is 1.34. The number of anilines is 1. The number of nitrogens with zero attached hydrogens (tertiary/aromatic N) is 1. The first-order valence-corrected chi connectivity index (χ1v) is 6.23. The van der Waals surface area contributed by atoms with Crippen molar-refractivity contribution in [3.63, 3.8) is 0 Å². The summed E-state index contributed by atoms with van der Waals surface area (Å²) in [5.74, 6) is -0.385. The van der Waals surface area contributed by atoms with Crippen molar-refractivity contribution in [2.75, 3.05) is 25.1 Å². The summed E-state index contributed by atoms with van der Waals surface area (Å²) in [5.41, 5.74) is 1.31. The number of benzene rings is 1. The predicted molar refractivity (Wildman–Crippen MR) is 73.4 cm³/mol. The molecule has 19 heavy (non-hydrogen) atoms. The summed E-state index contributed by atoms with van der Waals surface area (Å²) >= 11 is 0. The summed E-state index contributed by atoms with van der Waals surface area (Å²) < 4.78 is 4.63. The predicted octanol–water partition coefficient (Wildman–Crippen LogP) is 1.04. The molecule has 0 bridgehead atoms. The standard InChI is InChI=1S/C14H21NO4/c1-10(16)8-15(9-11(2)17)13-6-4-12(5-7-13)14(18)19-3/h4-7,10-11,16-17H,8-9H2,1-3H3. The van der Waals surface area contributed by atoms with E-state index in [1.807, 2.05) is 4.90 Å². The molecule has 0 aromatic heterocycles. The van der Waals surface area contributed by atoms with Crippen LogP contribution in [-0.4, -0.2) is 48.6 Å². The van der Waals surface area contributed by atoms with Gasteiger partial charge in [0.1, 0.15) is 0 Å². The van der Waals surface area contributed by atoms with Crippen molar-refractivity contribution in [2.24, 2.45) is 0 Å². The Morgan fingerprint density at radius 2 is 1.63 bits per heavy atom. The minimum atomic E-state index is -0.501. The van der Waals surface area contributed by atoms with Crippen LogP contribution in [-0.2, 0) is 4.74 Å². The summed E-state index contributed by atoms with van der Waals surface area (Å²) in [6.07, 6.45) is -1.00. The smallest absolute Gasteiger partial charge is 0.337 e. The topological polar surface area (TPSA) is 70.0 Å². The number of esters is 1. The largest absolute Gasteiger partial charge is 0.465 e. The third-order valence-electron chi connectivity index (χ3n) is 2.62. The molecule has 1 aromatic rings. The van der Waals surface area contributed by atoms with E-state index in [1.165, 1.54) is 7.11 Å². The first-order chi connectivity index (χ1) is 8.93. The van der Waals surface area contributed by atoms with E-state index in [1.54, 1.807) is 38.1 Å². The van der Waals surface area contributed by atoms with E-state index in [0.29, 0.717) is 18.7 Å². The van der Waals surface area contributed by atoms with Gasteiger partial charge in [0.15, 0.2) is 0 Å². The lowest BCUT2D eigenvalue weighted by Gasteiger charge is -2.27.